The lowest BCUT2D eigenvalue weighted by Gasteiger charge is -2.22. The predicted molar refractivity (Wildman–Crippen MR) is 72.3 cm³/mol. The van der Waals surface area contributed by atoms with Gasteiger partial charge in [-0.1, -0.05) is 6.07 Å². The van der Waals surface area contributed by atoms with Gasteiger partial charge in [-0.3, -0.25) is 0 Å². The highest BCUT2D eigenvalue weighted by Gasteiger charge is 2.31. The second kappa shape index (κ2) is 5.51. The number of carboxylic acid groups (broad SMARTS) is 1. The molecule has 1 atom stereocenters. The Morgan fingerprint density at radius 1 is 1.45 bits per heavy atom. The van der Waals surface area contributed by atoms with Crippen LogP contribution in [-0.4, -0.2) is 50.1 Å². The molecule has 1 fully saturated rings. The molecule has 1 aromatic carbocycles. The molecule has 0 amide bonds. The van der Waals surface area contributed by atoms with Crippen molar-refractivity contribution in [2.75, 3.05) is 20.3 Å². The van der Waals surface area contributed by atoms with Gasteiger partial charge in [0.05, 0.1) is 23.1 Å². The van der Waals surface area contributed by atoms with Crippen LogP contribution in [0.2, 0.25) is 0 Å². The highest BCUT2D eigenvalue weighted by atomic mass is 32.2. The fraction of sp³-hybridized carbons (Fsp3) is 0.462. The van der Waals surface area contributed by atoms with Crippen LogP contribution >= 0.6 is 0 Å². The summed E-state index contributed by atoms with van der Waals surface area (Å²) >= 11 is 0. The van der Waals surface area contributed by atoms with Gasteiger partial charge in [-0.15, -0.1) is 0 Å². The number of hydrogen-bond donors (Lipinski definition) is 1. The maximum absolute atomic E-state index is 12.5. The molecule has 0 bridgehead atoms. The highest BCUT2D eigenvalue weighted by molar-refractivity contribution is 7.89. The molecule has 1 aliphatic heterocycles. The molecular formula is C13H17NO5S. The van der Waals surface area contributed by atoms with E-state index in [1.165, 1.54) is 29.6 Å². The highest BCUT2D eigenvalue weighted by Crippen LogP contribution is 2.23. The summed E-state index contributed by atoms with van der Waals surface area (Å²) in [7, 11) is -2.21. The molecule has 0 aromatic heterocycles. The fourth-order valence-electron chi connectivity index (χ4n) is 2.16. The number of ether oxygens (including phenoxy) is 1. The quantitative estimate of drug-likeness (QED) is 0.900. The second-order valence-electron chi connectivity index (χ2n) is 4.82. The Bertz CT molecular complexity index is 620. The Kier molecular flexibility index (Phi) is 4.12. The first-order valence-corrected chi connectivity index (χ1v) is 7.68. The minimum absolute atomic E-state index is 0.00199. The van der Waals surface area contributed by atoms with Gasteiger partial charge >= 0.3 is 5.97 Å². The van der Waals surface area contributed by atoms with Gasteiger partial charge in [-0.2, -0.15) is 4.31 Å². The first kappa shape index (κ1) is 15.0. The van der Waals surface area contributed by atoms with Gasteiger partial charge in [-0.25, -0.2) is 13.2 Å². The standard InChI is InChI=1S/C13H17NO5S/c1-9-3-4-11(7-12(9)13(15)16)20(17,18)14(2)10-5-6-19-8-10/h3-4,7,10H,5-6,8H2,1-2H3,(H,15,16). The van der Waals surface area contributed by atoms with Crippen molar-refractivity contribution in [2.45, 2.75) is 24.3 Å². The maximum Gasteiger partial charge on any atom is 0.335 e. The van der Waals surface area contributed by atoms with Crippen LogP contribution in [-0.2, 0) is 14.8 Å². The van der Waals surface area contributed by atoms with Gasteiger partial charge < -0.3 is 9.84 Å². The number of likely N-dealkylation sites (N-methyl/N-ethyl adjacent to an activating group) is 1. The molecule has 0 spiro atoms. The summed E-state index contributed by atoms with van der Waals surface area (Å²) in [5.41, 5.74) is 0.533. The van der Waals surface area contributed by atoms with E-state index in [0.29, 0.717) is 25.2 Å². The number of hydrogen-bond acceptors (Lipinski definition) is 4. The number of carbonyl (C=O) groups is 1. The van der Waals surface area contributed by atoms with E-state index in [1.807, 2.05) is 0 Å². The predicted octanol–water partition coefficient (Wildman–Crippen LogP) is 1.10. The van der Waals surface area contributed by atoms with Crippen molar-refractivity contribution in [1.82, 2.24) is 4.31 Å². The van der Waals surface area contributed by atoms with Crippen LogP contribution in [0.3, 0.4) is 0 Å². The van der Waals surface area contributed by atoms with E-state index in [0.717, 1.165) is 0 Å². The van der Waals surface area contributed by atoms with E-state index in [9.17, 15) is 13.2 Å². The Balaban J connectivity index is 2.38. The summed E-state index contributed by atoms with van der Waals surface area (Å²) in [4.78, 5) is 11.1. The summed E-state index contributed by atoms with van der Waals surface area (Å²) in [5, 5.41) is 9.08. The van der Waals surface area contributed by atoms with Gasteiger partial charge in [0.25, 0.3) is 0 Å². The fourth-order valence-corrected chi connectivity index (χ4v) is 3.56. The second-order valence-corrected chi connectivity index (χ2v) is 6.82. The average Bonchev–Trinajstić information content (AvgIpc) is 2.91. The summed E-state index contributed by atoms with van der Waals surface area (Å²) in [6, 6.07) is 3.95. The van der Waals surface area contributed by atoms with Crippen LogP contribution in [0.1, 0.15) is 22.3 Å². The summed E-state index contributed by atoms with van der Waals surface area (Å²) in [5.74, 6) is -1.13. The van der Waals surface area contributed by atoms with Crippen molar-refractivity contribution in [3.05, 3.63) is 29.3 Å². The SMILES string of the molecule is Cc1ccc(S(=O)(=O)N(C)C2CCOC2)cc1C(=O)O. The Morgan fingerprint density at radius 3 is 2.70 bits per heavy atom. The van der Waals surface area contributed by atoms with Crippen molar-refractivity contribution in [1.29, 1.82) is 0 Å². The van der Waals surface area contributed by atoms with E-state index in [1.54, 1.807) is 6.92 Å². The summed E-state index contributed by atoms with van der Waals surface area (Å²) in [6.07, 6.45) is 0.646. The van der Waals surface area contributed by atoms with Gasteiger partial charge in [0.2, 0.25) is 10.0 Å². The average molecular weight is 299 g/mol. The number of nitrogens with zero attached hydrogens (tertiary/aromatic N) is 1. The smallest absolute Gasteiger partial charge is 0.335 e. The van der Waals surface area contributed by atoms with Crippen LogP contribution in [0.4, 0.5) is 0 Å². The van der Waals surface area contributed by atoms with Crippen LogP contribution in [0.15, 0.2) is 23.1 Å². The van der Waals surface area contributed by atoms with Crippen molar-refractivity contribution < 1.29 is 23.1 Å². The molecule has 7 heteroatoms. The zero-order valence-corrected chi connectivity index (χ0v) is 12.2. The zero-order chi connectivity index (χ0) is 14.9. The molecule has 0 saturated carbocycles. The number of sulfonamides is 1. The summed E-state index contributed by atoms with van der Waals surface area (Å²) in [6.45, 7) is 2.54. The molecule has 0 aliphatic carbocycles. The Labute approximate surface area is 118 Å². The van der Waals surface area contributed by atoms with Crippen LogP contribution in [0.5, 0.6) is 0 Å². The number of aromatic carboxylic acids is 1. The first-order chi connectivity index (χ1) is 9.34. The molecule has 1 unspecified atom stereocenters. The third-order valence-electron chi connectivity index (χ3n) is 3.54. The molecule has 1 saturated heterocycles. The Morgan fingerprint density at radius 2 is 2.15 bits per heavy atom. The summed E-state index contributed by atoms with van der Waals surface area (Å²) < 4.78 is 31.4. The zero-order valence-electron chi connectivity index (χ0n) is 11.4. The largest absolute Gasteiger partial charge is 0.478 e. The van der Waals surface area contributed by atoms with E-state index >= 15 is 0 Å². The van der Waals surface area contributed by atoms with Crippen LogP contribution in [0, 0.1) is 6.92 Å². The number of carboxylic acids is 1. The van der Waals surface area contributed by atoms with E-state index < -0.39 is 16.0 Å². The molecule has 20 heavy (non-hydrogen) atoms. The molecule has 0 radical (unpaired) electrons. The molecule has 1 aromatic rings. The molecule has 1 heterocycles. The van der Waals surface area contributed by atoms with E-state index in [2.05, 4.69) is 0 Å². The van der Waals surface area contributed by atoms with Crippen molar-refractivity contribution in [3.63, 3.8) is 0 Å². The van der Waals surface area contributed by atoms with Gasteiger partial charge in [0.15, 0.2) is 0 Å². The lowest BCUT2D eigenvalue weighted by molar-refractivity contribution is 0.0696. The Hall–Kier alpha value is -1.44. The lowest BCUT2D eigenvalue weighted by Crippen LogP contribution is -2.37. The minimum Gasteiger partial charge on any atom is -0.478 e. The van der Waals surface area contributed by atoms with Crippen molar-refractivity contribution in [2.24, 2.45) is 0 Å². The van der Waals surface area contributed by atoms with E-state index in [-0.39, 0.29) is 16.5 Å². The molecule has 6 nitrogen and oxygen atoms in total. The molecule has 1 aliphatic rings. The number of rotatable bonds is 4. The van der Waals surface area contributed by atoms with Crippen LogP contribution in [0.25, 0.3) is 0 Å². The molecule has 2 rings (SSSR count). The first-order valence-electron chi connectivity index (χ1n) is 6.24. The van der Waals surface area contributed by atoms with Gasteiger partial charge in [0, 0.05) is 13.7 Å². The normalized spacial score (nSPS) is 19.4. The topological polar surface area (TPSA) is 83.9 Å². The van der Waals surface area contributed by atoms with Gasteiger partial charge in [-0.05, 0) is 31.0 Å². The molecule has 1 N–H and O–H groups in total. The molecule has 110 valence electrons. The third-order valence-corrected chi connectivity index (χ3v) is 5.44. The van der Waals surface area contributed by atoms with Crippen molar-refractivity contribution in [3.8, 4) is 0 Å². The number of aryl methyl sites for hydroxylation is 1. The third kappa shape index (κ3) is 2.70. The van der Waals surface area contributed by atoms with E-state index in [4.69, 9.17) is 9.84 Å². The number of benzene rings is 1. The lowest BCUT2D eigenvalue weighted by atomic mass is 10.1. The van der Waals surface area contributed by atoms with Crippen molar-refractivity contribution >= 4 is 16.0 Å². The maximum atomic E-state index is 12.5. The van der Waals surface area contributed by atoms with Gasteiger partial charge in [0.1, 0.15) is 0 Å². The monoisotopic (exact) mass is 299 g/mol. The minimum atomic E-state index is -3.71. The van der Waals surface area contributed by atoms with Crippen LogP contribution < -0.4 is 0 Å². The molecular weight excluding hydrogens is 282 g/mol.